The zero-order valence-electron chi connectivity index (χ0n) is 20.0. The summed E-state index contributed by atoms with van der Waals surface area (Å²) in [5.74, 6) is -1.24. The summed E-state index contributed by atoms with van der Waals surface area (Å²) in [6.45, 7) is 1.74. The molecule has 2 N–H and O–H groups in total. The van der Waals surface area contributed by atoms with Gasteiger partial charge in [-0.1, -0.05) is 53.6 Å². The van der Waals surface area contributed by atoms with E-state index in [9.17, 15) is 19.2 Å². The lowest BCUT2D eigenvalue weighted by molar-refractivity contribution is -0.115. The predicted octanol–water partition coefficient (Wildman–Crippen LogP) is 6.13. The molecule has 194 valence electrons. The number of hydrogen-bond acceptors (Lipinski definition) is 7. The molecule has 2 aliphatic rings. The van der Waals surface area contributed by atoms with Crippen LogP contribution >= 0.6 is 34.5 Å². The summed E-state index contributed by atoms with van der Waals surface area (Å²) in [7, 11) is 0. The van der Waals surface area contributed by atoms with Crippen molar-refractivity contribution in [3.8, 4) is 11.9 Å². The highest BCUT2D eigenvalue weighted by atomic mass is 35.5. The molecule has 2 aliphatic carbocycles. The molecule has 1 atom stereocenters. The SMILES string of the molecule is CCC(=O)Nc1nc2ccc(OC3CC(NC(=O)c4cccc(C5(C#N)CC5)c4Cl)=C(F)C=C3Cl)nc2s1. The maximum Gasteiger partial charge on any atom is 0.257 e. The Morgan fingerprint density at radius 3 is 2.74 bits per heavy atom. The number of pyridine rings is 1. The van der Waals surface area contributed by atoms with Crippen molar-refractivity contribution < 1.29 is 18.7 Å². The normalized spacial score (nSPS) is 18.0. The topological polar surface area (TPSA) is 117 Å². The number of fused-ring (bicyclic) bond motifs is 1. The molecule has 0 radical (unpaired) electrons. The van der Waals surface area contributed by atoms with Gasteiger partial charge in [-0.3, -0.25) is 9.59 Å². The summed E-state index contributed by atoms with van der Waals surface area (Å²) in [5, 5.41) is 15.5. The van der Waals surface area contributed by atoms with E-state index >= 15 is 0 Å². The number of hydrogen-bond donors (Lipinski definition) is 2. The van der Waals surface area contributed by atoms with Crippen LogP contribution in [0.2, 0.25) is 5.02 Å². The number of ether oxygens (including phenoxy) is 1. The number of anilines is 1. The molecular formula is C26H20Cl2FN5O3S. The number of rotatable bonds is 7. The van der Waals surface area contributed by atoms with Crippen LogP contribution in [0.3, 0.4) is 0 Å². The molecular weight excluding hydrogens is 552 g/mol. The standard InChI is InChI=1S/C26H20Cl2FN5O3S/c1-2-20(35)33-25-32-17-6-7-21(34-24(17)38-25)37-19-11-18(16(29)10-15(19)27)31-23(36)13-4-3-5-14(22(13)28)26(12-30)8-9-26/h3-7,10,19H,2,8-9,11H2,1H3,(H,31,36)(H,32,33,35). The summed E-state index contributed by atoms with van der Waals surface area (Å²) in [4.78, 5) is 34.0. The van der Waals surface area contributed by atoms with Crippen LogP contribution in [0.4, 0.5) is 9.52 Å². The van der Waals surface area contributed by atoms with E-state index in [0.717, 1.165) is 6.08 Å². The molecule has 1 aromatic carbocycles. The van der Waals surface area contributed by atoms with Gasteiger partial charge in [0.2, 0.25) is 11.8 Å². The van der Waals surface area contributed by atoms with Crippen LogP contribution < -0.4 is 15.4 Å². The molecule has 3 aromatic rings. The Hall–Kier alpha value is -3.52. The fourth-order valence-corrected chi connectivity index (χ4v) is 5.47. The number of allylic oxidation sites excluding steroid dienone is 2. The Kier molecular flexibility index (Phi) is 7.09. The van der Waals surface area contributed by atoms with Crippen molar-refractivity contribution >= 4 is 61.8 Å². The van der Waals surface area contributed by atoms with E-state index < -0.39 is 23.3 Å². The minimum Gasteiger partial charge on any atom is -0.468 e. The van der Waals surface area contributed by atoms with Crippen molar-refractivity contribution in [3.05, 3.63) is 69.1 Å². The summed E-state index contributed by atoms with van der Waals surface area (Å²) in [5.41, 5.74) is 0.634. The number of nitriles is 1. The van der Waals surface area contributed by atoms with Crippen molar-refractivity contribution in [2.75, 3.05) is 5.32 Å². The van der Waals surface area contributed by atoms with Gasteiger partial charge in [-0.15, -0.1) is 0 Å². The monoisotopic (exact) mass is 571 g/mol. The van der Waals surface area contributed by atoms with E-state index in [-0.39, 0.29) is 39.5 Å². The number of nitrogens with zero attached hydrogens (tertiary/aromatic N) is 3. The zero-order chi connectivity index (χ0) is 27.0. The maximum atomic E-state index is 14.8. The smallest absolute Gasteiger partial charge is 0.257 e. The number of benzene rings is 1. The summed E-state index contributed by atoms with van der Waals surface area (Å²) >= 11 is 14.0. The van der Waals surface area contributed by atoms with Gasteiger partial charge >= 0.3 is 0 Å². The molecule has 1 unspecified atom stereocenters. The minimum atomic E-state index is -0.807. The molecule has 38 heavy (non-hydrogen) atoms. The highest BCUT2D eigenvalue weighted by molar-refractivity contribution is 7.21. The van der Waals surface area contributed by atoms with Crippen LogP contribution in [0.5, 0.6) is 5.88 Å². The number of thiazole rings is 1. The third-order valence-corrected chi connectivity index (χ3v) is 7.94. The Morgan fingerprint density at radius 2 is 2.03 bits per heavy atom. The zero-order valence-corrected chi connectivity index (χ0v) is 22.3. The molecule has 1 fully saturated rings. The van der Waals surface area contributed by atoms with Gasteiger partial charge < -0.3 is 15.4 Å². The molecule has 5 rings (SSSR count). The van der Waals surface area contributed by atoms with E-state index in [1.807, 2.05) is 0 Å². The van der Waals surface area contributed by atoms with Crippen LogP contribution in [0.25, 0.3) is 10.3 Å². The van der Waals surface area contributed by atoms with Gasteiger partial charge in [0.05, 0.1) is 32.8 Å². The number of carbonyl (C=O) groups is 2. The van der Waals surface area contributed by atoms with Crippen LogP contribution in [-0.4, -0.2) is 27.9 Å². The van der Waals surface area contributed by atoms with Gasteiger partial charge in [0, 0.05) is 18.9 Å². The fourth-order valence-electron chi connectivity index (χ4n) is 4.01. The first kappa shape index (κ1) is 26.1. The van der Waals surface area contributed by atoms with Crippen molar-refractivity contribution in [1.82, 2.24) is 15.3 Å². The molecule has 2 heterocycles. The second-order valence-corrected chi connectivity index (χ2v) is 10.7. The predicted molar refractivity (Wildman–Crippen MR) is 143 cm³/mol. The lowest BCUT2D eigenvalue weighted by Gasteiger charge is -2.24. The lowest BCUT2D eigenvalue weighted by Crippen LogP contribution is -2.31. The van der Waals surface area contributed by atoms with Crippen molar-refractivity contribution in [1.29, 1.82) is 5.26 Å². The minimum absolute atomic E-state index is 0.0179. The first-order valence-corrected chi connectivity index (χ1v) is 13.3. The second kappa shape index (κ2) is 10.3. The third-order valence-electron chi connectivity index (χ3n) is 6.30. The highest BCUT2D eigenvalue weighted by Crippen LogP contribution is 2.50. The average Bonchev–Trinajstić information content (AvgIpc) is 3.59. The third kappa shape index (κ3) is 5.10. The van der Waals surface area contributed by atoms with Gasteiger partial charge in [0.1, 0.15) is 22.3 Å². The van der Waals surface area contributed by atoms with Gasteiger partial charge in [0.15, 0.2) is 5.13 Å². The fraction of sp³-hybridized carbons (Fsp3) is 0.269. The number of amides is 2. The van der Waals surface area contributed by atoms with Crippen LogP contribution in [0.1, 0.15) is 48.5 Å². The molecule has 0 spiro atoms. The molecule has 2 aromatic heterocycles. The van der Waals surface area contributed by atoms with Gasteiger partial charge in [-0.05, 0) is 36.6 Å². The van der Waals surface area contributed by atoms with Gasteiger partial charge in [-0.25, -0.2) is 14.4 Å². The van der Waals surface area contributed by atoms with Crippen LogP contribution in [0.15, 0.2) is 53.0 Å². The Balaban J connectivity index is 1.31. The first-order valence-electron chi connectivity index (χ1n) is 11.7. The highest BCUT2D eigenvalue weighted by Gasteiger charge is 2.46. The Bertz CT molecular complexity index is 1570. The largest absolute Gasteiger partial charge is 0.468 e. The van der Waals surface area contributed by atoms with E-state index in [0.29, 0.717) is 40.3 Å². The number of halogens is 3. The Morgan fingerprint density at radius 1 is 1.24 bits per heavy atom. The molecule has 12 heteroatoms. The van der Waals surface area contributed by atoms with E-state index in [1.54, 1.807) is 31.2 Å². The van der Waals surface area contributed by atoms with E-state index in [4.69, 9.17) is 27.9 Å². The molecule has 2 amide bonds. The molecule has 0 bridgehead atoms. The Labute approximate surface area is 231 Å². The molecule has 0 aliphatic heterocycles. The number of nitrogens with one attached hydrogen (secondary N) is 2. The average molecular weight is 572 g/mol. The van der Waals surface area contributed by atoms with Crippen molar-refractivity contribution in [2.45, 2.75) is 44.1 Å². The summed E-state index contributed by atoms with van der Waals surface area (Å²) in [6, 6.07) is 10.5. The van der Waals surface area contributed by atoms with Crippen molar-refractivity contribution in [3.63, 3.8) is 0 Å². The quantitative estimate of drug-likeness (QED) is 0.352. The maximum absolute atomic E-state index is 14.8. The van der Waals surface area contributed by atoms with Crippen molar-refractivity contribution in [2.24, 2.45) is 0 Å². The van der Waals surface area contributed by atoms with Gasteiger partial charge in [0.25, 0.3) is 5.91 Å². The lowest BCUT2D eigenvalue weighted by atomic mass is 9.95. The number of aromatic nitrogens is 2. The van der Waals surface area contributed by atoms with Gasteiger partial charge in [-0.2, -0.15) is 5.26 Å². The molecule has 8 nitrogen and oxygen atoms in total. The second-order valence-electron chi connectivity index (χ2n) is 8.88. The summed E-state index contributed by atoms with van der Waals surface area (Å²) < 4.78 is 20.7. The van der Waals surface area contributed by atoms with Crippen LogP contribution in [-0.2, 0) is 10.2 Å². The summed E-state index contributed by atoms with van der Waals surface area (Å²) in [6.07, 6.45) is 1.89. The van der Waals surface area contributed by atoms with E-state index in [1.165, 1.54) is 17.4 Å². The van der Waals surface area contributed by atoms with E-state index in [2.05, 4.69) is 26.7 Å². The first-order chi connectivity index (χ1) is 18.2. The molecule has 0 saturated heterocycles. The van der Waals surface area contributed by atoms with Crippen LogP contribution in [0, 0.1) is 11.3 Å². The number of carbonyl (C=O) groups excluding carboxylic acids is 2. The molecule has 1 saturated carbocycles.